The summed E-state index contributed by atoms with van der Waals surface area (Å²) in [6.45, 7) is 1.27. The number of aryl methyl sites for hydroxylation is 1. The van der Waals surface area contributed by atoms with Gasteiger partial charge in [0.15, 0.2) is 0 Å². The number of hydrogen-bond donors (Lipinski definition) is 3. The predicted molar refractivity (Wildman–Crippen MR) is 134 cm³/mol. The maximum absolute atomic E-state index is 12.7. The Hall–Kier alpha value is -4.45. The largest absolute Gasteiger partial charge is 0.384 e. The lowest BCUT2D eigenvalue weighted by Crippen LogP contribution is -2.40. The maximum atomic E-state index is 12.7. The minimum Gasteiger partial charge on any atom is -0.384 e. The predicted octanol–water partition coefficient (Wildman–Crippen LogP) is 3.16. The monoisotopic (exact) mass is 469 g/mol. The molecule has 1 aliphatic rings. The van der Waals surface area contributed by atoms with E-state index in [2.05, 4.69) is 26.4 Å². The van der Waals surface area contributed by atoms with Crippen molar-refractivity contribution >= 4 is 34.6 Å². The molecular formula is C26H27N7O2. The van der Waals surface area contributed by atoms with Gasteiger partial charge in [0.05, 0.1) is 11.6 Å². The number of nitriles is 1. The molecule has 0 bridgehead atoms. The van der Waals surface area contributed by atoms with Crippen LogP contribution in [0.4, 0.5) is 5.69 Å². The van der Waals surface area contributed by atoms with Crippen molar-refractivity contribution in [1.29, 1.82) is 10.7 Å². The summed E-state index contributed by atoms with van der Waals surface area (Å²) in [7, 11) is 3.68. The minimum absolute atomic E-state index is 0.0913. The molecule has 2 amide bonds. The van der Waals surface area contributed by atoms with E-state index in [1.807, 2.05) is 36.2 Å². The van der Waals surface area contributed by atoms with E-state index in [9.17, 15) is 9.59 Å². The number of allylic oxidation sites excluding steroid dienone is 1. The Labute approximate surface area is 203 Å². The van der Waals surface area contributed by atoms with E-state index < -0.39 is 0 Å². The van der Waals surface area contributed by atoms with Gasteiger partial charge in [-0.25, -0.2) is 0 Å². The SMILES string of the molecule is CN/C(=C\C=N)C(=O)N1CCC(c2cn(C)c3ccc(NC(=O)c4cc(C#N)ccn4)cc23)CC1. The second-order valence-electron chi connectivity index (χ2n) is 8.49. The highest BCUT2D eigenvalue weighted by Crippen LogP contribution is 2.35. The van der Waals surface area contributed by atoms with Crippen LogP contribution in [-0.2, 0) is 11.8 Å². The maximum Gasteiger partial charge on any atom is 0.274 e. The molecule has 0 atom stereocenters. The first-order chi connectivity index (χ1) is 16.9. The van der Waals surface area contributed by atoms with Gasteiger partial charge in [-0.2, -0.15) is 5.26 Å². The summed E-state index contributed by atoms with van der Waals surface area (Å²) in [5.41, 5.74) is 3.89. The fourth-order valence-electron chi connectivity index (χ4n) is 4.55. The molecule has 1 aromatic carbocycles. The highest BCUT2D eigenvalue weighted by atomic mass is 16.2. The number of likely N-dealkylation sites (tertiary alicyclic amines) is 1. The molecule has 1 saturated heterocycles. The smallest absolute Gasteiger partial charge is 0.274 e. The number of pyridine rings is 1. The minimum atomic E-state index is -0.371. The number of fused-ring (bicyclic) bond motifs is 1. The summed E-state index contributed by atoms with van der Waals surface area (Å²) >= 11 is 0. The van der Waals surface area contributed by atoms with Gasteiger partial charge in [-0.15, -0.1) is 0 Å². The van der Waals surface area contributed by atoms with Crippen molar-refractivity contribution in [2.45, 2.75) is 18.8 Å². The molecule has 1 aliphatic heterocycles. The zero-order chi connectivity index (χ0) is 24.9. The Kier molecular flexibility index (Phi) is 6.92. The van der Waals surface area contributed by atoms with Crippen molar-refractivity contribution in [3.8, 4) is 6.07 Å². The number of hydrogen-bond acceptors (Lipinski definition) is 6. The third-order valence-corrected chi connectivity index (χ3v) is 6.37. The zero-order valence-corrected chi connectivity index (χ0v) is 19.7. The van der Waals surface area contributed by atoms with Gasteiger partial charge >= 0.3 is 0 Å². The first-order valence-electron chi connectivity index (χ1n) is 11.4. The van der Waals surface area contributed by atoms with E-state index in [-0.39, 0.29) is 23.4 Å². The molecule has 3 heterocycles. The molecule has 35 heavy (non-hydrogen) atoms. The Balaban J connectivity index is 1.53. The van der Waals surface area contributed by atoms with E-state index in [1.165, 1.54) is 23.9 Å². The number of aromatic nitrogens is 2. The van der Waals surface area contributed by atoms with Crippen LogP contribution in [0.1, 0.15) is 40.4 Å². The quantitative estimate of drug-likeness (QED) is 0.378. The van der Waals surface area contributed by atoms with Gasteiger partial charge < -0.3 is 25.5 Å². The van der Waals surface area contributed by atoms with Crippen molar-refractivity contribution in [1.82, 2.24) is 19.8 Å². The van der Waals surface area contributed by atoms with Crippen LogP contribution in [-0.4, -0.2) is 52.6 Å². The lowest BCUT2D eigenvalue weighted by Gasteiger charge is -2.32. The van der Waals surface area contributed by atoms with Crippen LogP contribution in [0.15, 0.2) is 54.5 Å². The molecule has 0 aliphatic carbocycles. The van der Waals surface area contributed by atoms with Crippen molar-refractivity contribution in [2.24, 2.45) is 7.05 Å². The first-order valence-corrected chi connectivity index (χ1v) is 11.4. The summed E-state index contributed by atoms with van der Waals surface area (Å²) in [5.74, 6) is -0.178. The molecule has 1 fully saturated rings. The molecule has 2 aromatic heterocycles. The molecule has 178 valence electrons. The third-order valence-electron chi connectivity index (χ3n) is 6.37. The number of amides is 2. The Morgan fingerprint density at radius 2 is 2.00 bits per heavy atom. The van der Waals surface area contributed by atoms with Crippen molar-refractivity contribution in [3.05, 3.63) is 71.3 Å². The van der Waals surface area contributed by atoms with Gasteiger partial charge in [0.2, 0.25) is 0 Å². The van der Waals surface area contributed by atoms with Crippen LogP contribution in [0.5, 0.6) is 0 Å². The lowest BCUT2D eigenvalue weighted by atomic mass is 9.89. The number of rotatable bonds is 6. The fraction of sp³-hybridized carbons (Fsp3) is 0.269. The topological polar surface area (TPSA) is 127 Å². The summed E-state index contributed by atoms with van der Waals surface area (Å²) in [6.07, 6.45) is 7.82. The second-order valence-corrected chi connectivity index (χ2v) is 8.49. The molecule has 9 nitrogen and oxygen atoms in total. The molecule has 9 heteroatoms. The molecule has 0 saturated carbocycles. The number of piperidine rings is 1. The fourth-order valence-corrected chi connectivity index (χ4v) is 4.55. The van der Waals surface area contributed by atoms with E-state index in [1.54, 1.807) is 13.1 Å². The van der Waals surface area contributed by atoms with Crippen LogP contribution < -0.4 is 10.6 Å². The van der Waals surface area contributed by atoms with Crippen LogP contribution >= 0.6 is 0 Å². The number of benzene rings is 1. The summed E-state index contributed by atoms with van der Waals surface area (Å²) in [4.78, 5) is 31.3. The Bertz CT molecular complexity index is 1360. The van der Waals surface area contributed by atoms with E-state index in [4.69, 9.17) is 10.7 Å². The van der Waals surface area contributed by atoms with Crippen LogP contribution in [0, 0.1) is 16.7 Å². The molecular weight excluding hydrogens is 442 g/mol. The van der Waals surface area contributed by atoms with Crippen LogP contribution in [0.2, 0.25) is 0 Å². The number of nitrogens with one attached hydrogen (secondary N) is 3. The second kappa shape index (κ2) is 10.2. The number of nitrogens with zero attached hydrogens (tertiary/aromatic N) is 4. The lowest BCUT2D eigenvalue weighted by molar-refractivity contribution is -0.128. The van der Waals surface area contributed by atoms with Gasteiger partial charge in [0.1, 0.15) is 11.4 Å². The first kappa shape index (κ1) is 23.7. The summed E-state index contributed by atoms with van der Waals surface area (Å²) in [5, 5.41) is 23.1. The average Bonchev–Trinajstić information content (AvgIpc) is 3.22. The molecule has 0 radical (unpaired) electrons. The van der Waals surface area contributed by atoms with Crippen LogP contribution in [0.25, 0.3) is 10.9 Å². The summed E-state index contributed by atoms with van der Waals surface area (Å²) < 4.78 is 2.08. The number of carbonyl (C=O) groups excluding carboxylic acids is 2. The Morgan fingerprint density at radius 1 is 1.23 bits per heavy atom. The zero-order valence-electron chi connectivity index (χ0n) is 19.7. The standard InChI is InChI=1S/C26H27N7O2/c1-29-22(5-9-27)26(35)33-11-7-18(8-12-33)21-16-32(2)24-4-3-19(14-20(21)24)31-25(34)23-13-17(15-28)6-10-30-23/h3-6,9-10,13-14,16,18,27,29H,7-8,11-12H2,1-2H3,(H,31,34)/b22-5-,27-9?. The average molecular weight is 470 g/mol. The number of likely N-dealkylation sites (N-methyl/N-ethyl adjacent to an activating group) is 1. The van der Waals surface area contributed by atoms with E-state index in [0.717, 1.165) is 30.0 Å². The van der Waals surface area contributed by atoms with Gasteiger partial charge in [0, 0.05) is 62.4 Å². The van der Waals surface area contributed by atoms with Crippen molar-refractivity contribution in [3.63, 3.8) is 0 Å². The van der Waals surface area contributed by atoms with Crippen LogP contribution in [0.3, 0.4) is 0 Å². The number of carbonyl (C=O) groups is 2. The highest BCUT2D eigenvalue weighted by Gasteiger charge is 2.27. The van der Waals surface area contributed by atoms with E-state index >= 15 is 0 Å². The van der Waals surface area contributed by atoms with Gasteiger partial charge in [-0.1, -0.05) is 0 Å². The molecule has 3 aromatic rings. The third kappa shape index (κ3) is 4.92. The van der Waals surface area contributed by atoms with Crippen molar-refractivity contribution < 1.29 is 9.59 Å². The van der Waals surface area contributed by atoms with E-state index in [0.29, 0.717) is 30.0 Å². The molecule has 3 N–H and O–H groups in total. The van der Waals surface area contributed by atoms with Gasteiger partial charge in [-0.05, 0) is 60.7 Å². The molecule has 0 spiro atoms. The van der Waals surface area contributed by atoms with Crippen molar-refractivity contribution in [2.75, 3.05) is 25.5 Å². The van der Waals surface area contributed by atoms with Gasteiger partial charge in [-0.3, -0.25) is 14.6 Å². The highest BCUT2D eigenvalue weighted by molar-refractivity contribution is 6.04. The number of anilines is 1. The van der Waals surface area contributed by atoms with Gasteiger partial charge in [0.25, 0.3) is 11.8 Å². The normalized spacial score (nSPS) is 14.4. The Morgan fingerprint density at radius 3 is 2.69 bits per heavy atom. The molecule has 0 unspecified atom stereocenters. The summed E-state index contributed by atoms with van der Waals surface area (Å²) in [6, 6.07) is 10.8. The molecule has 4 rings (SSSR count).